The molecule has 1 N–H and O–H groups in total. The lowest BCUT2D eigenvalue weighted by atomic mass is 9.93. The summed E-state index contributed by atoms with van der Waals surface area (Å²) in [4.78, 5) is 0. The molecular formula is C14H28O. The van der Waals surface area contributed by atoms with Crippen molar-refractivity contribution in [2.45, 2.75) is 77.7 Å². The van der Waals surface area contributed by atoms with E-state index in [0.29, 0.717) is 5.92 Å². The number of rotatable bonds is 7. The molecule has 0 aromatic rings. The third kappa shape index (κ3) is 5.55. The maximum absolute atomic E-state index is 9.91. The van der Waals surface area contributed by atoms with E-state index in [0.717, 1.165) is 18.8 Å². The van der Waals surface area contributed by atoms with E-state index >= 15 is 0 Å². The molecule has 1 rings (SSSR count). The van der Waals surface area contributed by atoms with Crippen LogP contribution in [-0.4, -0.2) is 11.2 Å². The maximum Gasteiger partial charge on any atom is 0.0542 e. The van der Waals surface area contributed by atoms with Crippen LogP contribution in [0.15, 0.2) is 0 Å². The molecule has 0 aromatic heterocycles. The summed E-state index contributed by atoms with van der Waals surface area (Å²) in [7, 11) is 0. The van der Waals surface area contributed by atoms with E-state index in [1.807, 2.05) is 0 Å². The predicted molar refractivity (Wildman–Crippen MR) is 65.9 cm³/mol. The first-order valence-corrected chi connectivity index (χ1v) is 6.90. The zero-order chi connectivity index (χ0) is 11.1. The van der Waals surface area contributed by atoms with Gasteiger partial charge in [0.15, 0.2) is 0 Å². The molecule has 0 heterocycles. The highest BCUT2D eigenvalue weighted by molar-refractivity contribution is 4.70. The largest absolute Gasteiger partial charge is 0.393 e. The molecule has 0 radical (unpaired) electrons. The van der Waals surface area contributed by atoms with Gasteiger partial charge in [-0.1, -0.05) is 52.4 Å². The Hall–Kier alpha value is -0.0400. The molecular weight excluding hydrogens is 184 g/mol. The van der Waals surface area contributed by atoms with Crippen molar-refractivity contribution in [1.82, 2.24) is 0 Å². The Morgan fingerprint density at radius 1 is 1.20 bits per heavy atom. The van der Waals surface area contributed by atoms with E-state index in [1.54, 1.807) is 0 Å². The van der Waals surface area contributed by atoms with Crippen molar-refractivity contribution in [2.24, 2.45) is 11.8 Å². The van der Waals surface area contributed by atoms with E-state index in [4.69, 9.17) is 0 Å². The maximum atomic E-state index is 9.91. The summed E-state index contributed by atoms with van der Waals surface area (Å²) in [5.74, 6) is 1.63. The van der Waals surface area contributed by atoms with Gasteiger partial charge in [-0.3, -0.25) is 0 Å². The Morgan fingerprint density at radius 2 is 1.87 bits per heavy atom. The summed E-state index contributed by atoms with van der Waals surface area (Å²) < 4.78 is 0. The molecule has 0 spiro atoms. The number of hydrogen-bond acceptors (Lipinski definition) is 1. The zero-order valence-corrected chi connectivity index (χ0v) is 10.5. The minimum Gasteiger partial charge on any atom is -0.393 e. The second-order valence-corrected chi connectivity index (χ2v) is 5.51. The van der Waals surface area contributed by atoms with Gasteiger partial charge in [0.2, 0.25) is 0 Å². The van der Waals surface area contributed by atoms with Crippen molar-refractivity contribution in [3.05, 3.63) is 0 Å². The Balaban J connectivity index is 2.04. The molecule has 1 aliphatic carbocycles. The summed E-state index contributed by atoms with van der Waals surface area (Å²) in [6.07, 6.45) is 11.5. The highest BCUT2D eigenvalue weighted by Crippen LogP contribution is 2.29. The fourth-order valence-corrected chi connectivity index (χ4v) is 2.92. The molecule has 0 bridgehead atoms. The first-order valence-electron chi connectivity index (χ1n) is 6.90. The lowest BCUT2D eigenvalue weighted by Gasteiger charge is -2.17. The number of aliphatic hydroxyl groups excluding tert-OH is 1. The fraction of sp³-hybridized carbons (Fsp3) is 1.00. The normalized spacial score (nSPS) is 21.8. The van der Waals surface area contributed by atoms with Gasteiger partial charge in [0.1, 0.15) is 0 Å². The summed E-state index contributed by atoms with van der Waals surface area (Å²) in [5, 5.41) is 9.91. The van der Waals surface area contributed by atoms with Gasteiger partial charge in [-0.15, -0.1) is 0 Å². The van der Waals surface area contributed by atoms with E-state index in [2.05, 4.69) is 13.8 Å². The first kappa shape index (κ1) is 13.0. The van der Waals surface area contributed by atoms with Crippen molar-refractivity contribution >= 4 is 0 Å². The average molecular weight is 212 g/mol. The smallest absolute Gasteiger partial charge is 0.0542 e. The van der Waals surface area contributed by atoms with Crippen LogP contribution in [0.4, 0.5) is 0 Å². The lowest BCUT2D eigenvalue weighted by molar-refractivity contribution is 0.126. The third-order valence-corrected chi connectivity index (χ3v) is 3.84. The molecule has 2 atom stereocenters. The van der Waals surface area contributed by atoms with Crippen molar-refractivity contribution in [1.29, 1.82) is 0 Å². The lowest BCUT2D eigenvalue weighted by Crippen LogP contribution is -2.13. The van der Waals surface area contributed by atoms with Gasteiger partial charge in [-0.2, -0.15) is 0 Å². The minimum absolute atomic E-state index is 0.0350. The van der Waals surface area contributed by atoms with Crippen LogP contribution in [0.3, 0.4) is 0 Å². The highest BCUT2D eigenvalue weighted by Gasteiger charge is 2.17. The second-order valence-electron chi connectivity index (χ2n) is 5.51. The molecule has 2 unspecified atom stereocenters. The standard InChI is InChI=1S/C14H28O/c1-3-6-12(2)11-14(15)10-9-13-7-4-5-8-13/h12-15H,3-11H2,1-2H3. The van der Waals surface area contributed by atoms with Crippen molar-refractivity contribution in [3.8, 4) is 0 Å². The van der Waals surface area contributed by atoms with Crippen LogP contribution in [0.1, 0.15) is 71.6 Å². The van der Waals surface area contributed by atoms with E-state index < -0.39 is 0 Å². The Kier molecular flexibility index (Phi) is 6.31. The molecule has 0 amide bonds. The summed E-state index contributed by atoms with van der Waals surface area (Å²) in [6, 6.07) is 0. The highest BCUT2D eigenvalue weighted by atomic mass is 16.3. The molecule has 15 heavy (non-hydrogen) atoms. The quantitative estimate of drug-likeness (QED) is 0.672. The molecule has 1 saturated carbocycles. The molecule has 1 fully saturated rings. The van der Waals surface area contributed by atoms with E-state index in [1.165, 1.54) is 44.9 Å². The number of aliphatic hydroxyl groups is 1. The van der Waals surface area contributed by atoms with Crippen molar-refractivity contribution in [3.63, 3.8) is 0 Å². The zero-order valence-electron chi connectivity index (χ0n) is 10.5. The van der Waals surface area contributed by atoms with E-state index in [9.17, 15) is 5.11 Å². The van der Waals surface area contributed by atoms with Gasteiger partial charge in [0.05, 0.1) is 6.10 Å². The van der Waals surface area contributed by atoms with Crippen LogP contribution in [0.25, 0.3) is 0 Å². The summed E-state index contributed by atoms with van der Waals surface area (Å²) >= 11 is 0. The molecule has 1 aliphatic rings. The molecule has 90 valence electrons. The van der Waals surface area contributed by atoms with Gasteiger partial charge in [-0.25, -0.2) is 0 Å². The SMILES string of the molecule is CCCC(C)CC(O)CCC1CCCC1. The van der Waals surface area contributed by atoms with Crippen LogP contribution in [-0.2, 0) is 0 Å². The molecule has 0 aromatic carbocycles. The van der Waals surface area contributed by atoms with Gasteiger partial charge >= 0.3 is 0 Å². The van der Waals surface area contributed by atoms with Crippen LogP contribution in [0, 0.1) is 11.8 Å². The van der Waals surface area contributed by atoms with Gasteiger partial charge in [0.25, 0.3) is 0 Å². The second kappa shape index (κ2) is 7.27. The van der Waals surface area contributed by atoms with Crippen LogP contribution >= 0.6 is 0 Å². The van der Waals surface area contributed by atoms with Crippen molar-refractivity contribution in [2.75, 3.05) is 0 Å². The fourth-order valence-electron chi connectivity index (χ4n) is 2.92. The summed E-state index contributed by atoms with van der Waals surface area (Å²) in [6.45, 7) is 4.49. The van der Waals surface area contributed by atoms with Crippen LogP contribution in [0.2, 0.25) is 0 Å². The topological polar surface area (TPSA) is 20.2 Å². The molecule has 0 aliphatic heterocycles. The third-order valence-electron chi connectivity index (χ3n) is 3.84. The van der Waals surface area contributed by atoms with Gasteiger partial charge < -0.3 is 5.11 Å². The molecule has 0 saturated heterocycles. The summed E-state index contributed by atoms with van der Waals surface area (Å²) in [5.41, 5.74) is 0. The van der Waals surface area contributed by atoms with Crippen molar-refractivity contribution < 1.29 is 5.11 Å². The Morgan fingerprint density at radius 3 is 2.47 bits per heavy atom. The number of hydrogen-bond donors (Lipinski definition) is 1. The first-order chi connectivity index (χ1) is 7.22. The molecule has 1 nitrogen and oxygen atoms in total. The predicted octanol–water partition coefficient (Wildman–Crippen LogP) is 4.14. The minimum atomic E-state index is -0.0350. The Bertz CT molecular complexity index is 149. The molecule has 1 heteroatoms. The van der Waals surface area contributed by atoms with Crippen LogP contribution < -0.4 is 0 Å². The van der Waals surface area contributed by atoms with Gasteiger partial charge in [0, 0.05) is 0 Å². The monoisotopic (exact) mass is 212 g/mol. The Labute approximate surface area is 95.3 Å². The average Bonchev–Trinajstić information content (AvgIpc) is 2.67. The van der Waals surface area contributed by atoms with Crippen LogP contribution in [0.5, 0.6) is 0 Å². The van der Waals surface area contributed by atoms with E-state index in [-0.39, 0.29) is 6.10 Å². The van der Waals surface area contributed by atoms with Gasteiger partial charge in [-0.05, 0) is 31.1 Å².